The third kappa shape index (κ3) is 3.68. The Bertz CT molecular complexity index is 1070. The molecule has 2 aromatic rings. The van der Waals surface area contributed by atoms with E-state index in [1.807, 2.05) is 23.1 Å². The van der Waals surface area contributed by atoms with Gasteiger partial charge in [0.15, 0.2) is 11.5 Å². The third-order valence-electron chi connectivity index (χ3n) is 6.16. The molecule has 0 bridgehead atoms. The molecule has 0 radical (unpaired) electrons. The Balaban J connectivity index is 1.83. The Labute approximate surface area is 188 Å². The van der Waals surface area contributed by atoms with E-state index in [1.54, 1.807) is 38.5 Å². The van der Waals surface area contributed by atoms with Gasteiger partial charge in [-0.1, -0.05) is 25.1 Å². The van der Waals surface area contributed by atoms with Gasteiger partial charge in [-0.05, 0) is 37.0 Å². The van der Waals surface area contributed by atoms with Crippen LogP contribution < -0.4 is 19.1 Å². The summed E-state index contributed by atoms with van der Waals surface area (Å²) in [6.07, 6.45) is 1.95. The lowest BCUT2D eigenvalue weighted by molar-refractivity contribution is -0.120. The fraction of sp³-hybridized carbons (Fsp3) is 0.360. The van der Waals surface area contributed by atoms with Gasteiger partial charge in [-0.25, -0.2) is 4.90 Å². The maximum absolute atomic E-state index is 13.7. The van der Waals surface area contributed by atoms with Gasteiger partial charge < -0.3 is 19.1 Å². The number of carbonyl (C=O) groups excluding carboxylic acids is 2. The second-order valence-corrected chi connectivity index (χ2v) is 8.08. The van der Waals surface area contributed by atoms with Crippen molar-refractivity contribution in [3.8, 4) is 17.2 Å². The molecule has 32 heavy (non-hydrogen) atoms. The van der Waals surface area contributed by atoms with Crippen LogP contribution in [0.2, 0.25) is 0 Å². The van der Waals surface area contributed by atoms with E-state index >= 15 is 0 Å². The average Bonchev–Trinajstić information content (AvgIpc) is 3.08. The number of imide groups is 1. The van der Waals surface area contributed by atoms with Crippen LogP contribution in [0.5, 0.6) is 17.2 Å². The summed E-state index contributed by atoms with van der Waals surface area (Å²) in [6.45, 7) is 3.67. The largest absolute Gasteiger partial charge is 0.496 e. The van der Waals surface area contributed by atoms with Crippen LogP contribution in [0, 0.1) is 5.92 Å². The molecule has 7 nitrogen and oxygen atoms in total. The highest BCUT2D eigenvalue weighted by atomic mass is 16.5. The highest BCUT2D eigenvalue weighted by molar-refractivity contribution is 6.45. The van der Waals surface area contributed by atoms with Crippen molar-refractivity contribution in [2.24, 2.45) is 5.92 Å². The molecule has 2 aliphatic heterocycles. The molecular weight excluding hydrogens is 408 g/mol. The summed E-state index contributed by atoms with van der Waals surface area (Å²) in [7, 11) is 4.63. The number of anilines is 1. The van der Waals surface area contributed by atoms with E-state index in [2.05, 4.69) is 6.92 Å². The van der Waals surface area contributed by atoms with E-state index < -0.39 is 0 Å². The molecule has 168 valence electrons. The van der Waals surface area contributed by atoms with Crippen molar-refractivity contribution in [1.29, 1.82) is 0 Å². The highest BCUT2D eigenvalue weighted by Gasteiger charge is 2.44. The maximum Gasteiger partial charge on any atom is 0.282 e. The monoisotopic (exact) mass is 436 g/mol. The van der Waals surface area contributed by atoms with Crippen molar-refractivity contribution in [3.05, 3.63) is 53.7 Å². The van der Waals surface area contributed by atoms with Gasteiger partial charge in [0.05, 0.1) is 32.6 Å². The summed E-state index contributed by atoms with van der Waals surface area (Å²) >= 11 is 0. The number of ether oxygens (including phenoxy) is 3. The van der Waals surface area contributed by atoms with E-state index in [0.29, 0.717) is 45.7 Å². The zero-order valence-corrected chi connectivity index (χ0v) is 18.9. The highest BCUT2D eigenvalue weighted by Crippen LogP contribution is 2.41. The van der Waals surface area contributed by atoms with Gasteiger partial charge in [0, 0.05) is 24.7 Å². The van der Waals surface area contributed by atoms with Crippen LogP contribution in [-0.4, -0.2) is 51.1 Å². The Morgan fingerprint density at radius 2 is 1.47 bits per heavy atom. The zero-order valence-electron chi connectivity index (χ0n) is 18.9. The number of hydrogen-bond acceptors (Lipinski definition) is 6. The first-order valence-corrected chi connectivity index (χ1v) is 10.7. The summed E-state index contributed by atoms with van der Waals surface area (Å²) in [5, 5.41) is 0. The molecule has 1 saturated heterocycles. The number of benzene rings is 2. The predicted octanol–water partition coefficient (Wildman–Crippen LogP) is 3.73. The van der Waals surface area contributed by atoms with E-state index in [0.717, 1.165) is 25.9 Å². The Hall–Kier alpha value is -3.48. The molecule has 0 aliphatic carbocycles. The molecule has 1 fully saturated rings. The number of likely N-dealkylation sites (tertiary alicyclic amines) is 1. The second-order valence-electron chi connectivity index (χ2n) is 8.08. The molecule has 0 atom stereocenters. The minimum Gasteiger partial charge on any atom is -0.496 e. The molecule has 2 aromatic carbocycles. The smallest absolute Gasteiger partial charge is 0.282 e. The summed E-state index contributed by atoms with van der Waals surface area (Å²) < 4.78 is 16.2. The lowest BCUT2D eigenvalue weighted by Crippen LogP contribution is -2.38. The topological polar surface area (TPSA) is 68.3 Å². The molecule has 2 heterocycles. The first-order valence-electron chi connectivity index (χ1n) is 10.7. The molecule has 0 spiro atoms. The van der Waals surface area contributed by atoms with Crippen LogP contribution in [0.3, 0.4) is 0 Å². The van der Waals surface area contributed by atoms with Crippen LogP contribution in [-0.2, 0) is 9.59 Å². The van der Waals surface area contributed by atoms with Gasteiger partial charge in [0.25, 0.3) is 11.8 Å². The van der Waals surface area contributed by atoms with Gasteiger partial charge in [0.1, 0.15) is 11.4 Å². The maximum atomic E-state index is 13.7. The van der Waals surface area contributed by atoms with Crippen LogP contribution in [0.4, 0.5) is 5.69 Å². The normalized spacial score (nSPS) is 17.2. The molecule has 4 rings (SSSR count). The summed E-state index contributed by atoms with van der Waals surface area (Å²) in [4.78, 5) is 30.7. The van der Waals surface area contributed by atoms with Crippen molar-refractivity contribution >= 4 is 23.1 Å². The van der Waals surface area contributed by atoms with E-state index in [1.165, 1.54) is 12.0 Å². The SMILES string of the molecule is COc1ccc(N2C(=O)C(c3ccccc3OC)=C(N3CCC(C)CC3)C2=O)cc1OC. The fourth-order valence-corrected chi connectivity index (χ4v) is 4.34. The Morgan fingerprint density at radius 1 is 0.812 bits per heavy atom. The number of methoxy groups -OCH3 is 3. The number of carbonyl (C=O) groups is 2. The van der Waals surface area contributed by atoms with Crippen LogP contribution in [0.25, 0.3) is 5.57 Å². The number of para-hydroxylation sites is 1. The lowest BCUT2D eigenvalue weighted by Gasteiger charge is -2.32. The van der Waals surface area contributed by atoms with Crippen LogP contribution in [0.1, 0.15) is 25.3 Å². The van der Waals surface area contributed by atoms with Crippen molar-refractivity contribution in [3.63, 3.8) is 0 Å². The number of hydrogen-bond donors (Lipinski definition) is 0. The molecule has 2 amide bonds. The number of amides is 2. The summed E-state index contributed by atoms with van der Waals surface area (Å²) in [5.74, 6) is 1.41. The molecule has 0 aromatic heterocycles. The zero-order chi connectivity index (χ0) is 22.8. The van der Waals surface area contributed by atoms with Gasteiger partial charge in [-0.3, -0.25) is 9.59 Å². The van der Waals surface area contributed by atoms with E-state index in [9.17, 15) is 9.59 Å². The minimum absolute atomic E-state index is 0.335. The van der Waals surface area contributed by atoms with Crippen LogP contribution >= 0.6 is 0 Å². The summed E-state index contributed by atoms with van der Waals surface area (Å²) in [5.41, 5.74) is 1.85. The van der Waals surface area contributed by atoms with Gasteiger partial charge in [0.2, 0.25) is 0 Å². The molecular formula is C25H28N2O5. The standard InChI is InChI=1S/C25H28N2O5/c1-16-11-13-26(14-12-16)23-22(18-7-5-6-8-19(18)30-2)24(28)27(25(23)29)17-9-10-20(31-3)21(15-17)32-4/h5-10,15-16H,11-14H2,1-4H3. The summed E-state index contributed by atoms with van der Waals surface area (Å²) in [6, 6.07) is 12.3. The lowest BCUT2D eigenvalue weighted by atomic mass is 9.97. The van der Waals surface area contributed by atoms with Crippen molar-refractivity contribution < 1.29 is 23.8 Å². The van der Waals surface area contributed by atoms with Crippen molar-refractivity contribution in [1.82, 2.24) is 4.90 Å². The first kappa shape index (κ1) is 21.7. The fourth-order valence-electron chi connectivity index (χ4n) is 4.34. The molecule has 0 N–H and O–H groups in total. The van der Waals surface area contributed by atoms with Gasteiger partial charge in [-0.15, -0.1) is 0 Å². The molecule has 7 heteroatoms. The molecule has 2 aliphatic rings. The van der Waals surface area contributed by atoms with E-state index in [-0.39, 0.29) is 11.8 Å². The predicted molar refractivity (Wildman–Crippen MR) is 122 cm³/mol. The quantitative estimate of drug-likeness (QED) is 0.643. The number of rotatable bonds is 6. The first-order chi connectivity index (χ1) is 15.5. The Kier molecular flexibility index (Phi) is 6.08. The number of nitrogens with zero attached hydrogens (tertiary/aromatic N) is 2. The third-order valence-corrected chi connectivity index (χ3v) is 6.16. The minimum atomic E-state index is -0.375. The van der Waals surface area contributed by atoms with Crippen LogP contribution in [0.15, 0.2) is 48.2 Å². The molecule has 0 unspecified atom stereocenters. The van der Waals surface area contributed by atoms with Crippen molar-refractivity contribution in [2.75, 3.05) is 39.3 Å². The average molecular weight is 437 g/mol. The van der Waals surface area contributed by atoms with Gasteiger partial charge >= 0.3 is 0 Å². The van der Waals surface area contributed by atoms with Gasteiger partial charge in [-0.2, -0.15) is 0 Å². The van der Waals surface area contributed by atoms with Crippen molar-refractivity contribution in [2.45, 2.75) is 19.8 Å². The number of piperidine rings is 1. The molecule has 0 saturated carbocycles. The Morgan fingerprint density at radius 3 is 2.12 bits per heavy atom. The second kappa shape index (κ2) is 8.94. The van der Waals surface area contributed by atoms with E-state index in [4.69, 9.17) is 14.2 Å².